The highest BCUT2D eigenvalue weighted by Gasteiger charge is 2.38. The topological polar surface area (TPSA) is 120 Å². The van der Waals surface area contributed by atoms with E-state index in [0.717, 1.165) is 5.56 Å². The zero-order valence-electron chi connectivity index (χ0n) is 22.8. The fraction of sp³-hybridized carbons (Fsp3) is 0.310. The monoisotopic (exact) mass is 536 g/mol. The van der Waals surface area contributed by atoms with Crippen LogP contribution in [0.15, 0.2) is 58.7 Å². The van der Waals surface area contributed by atoms with E-state index in [0.29, 0.717) is 47.2 Å². The van der Waals surface area contributed by atoms with Gasteiger partial charge in [0.2, 0.25) is 5.88 Å². The van der Waals surface area contributed by atoms with Crippen LogP contribution in [0.2, 0.25) is 0 Å². The Morgan fingerprint density at radius 1 is 0.897 bits per heavy atom. The first-order valence-electron chi connectivity index (χ1n) is 12.2. The molecule has 2 aromatic carbocycles. The molecule has 0 fully saturated rings. The molecule has 1 aromatic heterocycles. The average Bonchev–Trinajstić information content (AvgIpc) is 2.95. The second-order valence-electron chi connectivity index (χ2n) is 8.88. The van der Waals surface area contributed by atoms with Gasteiger partial charge in [-0.25, -0.2) is 4.79 Å². The summed E-state index contributed by atoms with van der Waals surface area (Å²) in [4.78, 5) is 27.0. The van der Waals surface area contributed by atoms with Gasteiger partial charge in [0.25, 0.3) is 5.56 Å². The van der Waals surface area contributed by atoms with E-state index < -0.39 is 11.9 Å². The number of fused-ring (bicyclic) bond motifs is 1. The number of pyridine rings is 1. The lowest BCUT2D eigenvalue weighted by molar-refractivity contribution is -0.136. The Morgan fingerprint density at radius 3 is 2.13 bits per heavy atom. The average molecular weight is 537 g/mol. The van der Waals surface area contributed by atoms with Crippen molar-refractivity contribution in [3.63, 3.8) is 0 Å². The number of rotatable bonds is 9. The summed E-state index contributed by atoms with van der Waals surface area (Å²) >= 11 is 0. The molecule has 10 nitrogen and oxygen atoms in total. The lowest BCUT2D eigenvalue weighted by atomic mass is 9.83. The Morgan fingerprint density at radius 2 is 1.51 bits per heavy atom. The molecule has 0 saturated heterocycles. The molecule has 0 bridgehead atoms. The van der Waals surface area contributed by atoms with Crippen LogP contribution in [0, 0.1) is 6.92 Å². The fourth-order valence-electron chi connectivity index (χ4n) is 4.82. The predicted molar refractivity (Wildman–Crippen MR) is 144 cm³/mol. The van der Waals surface area contributed by atoms with Crippen LogP contribution in [0.1, 0.15) is 28.3 Å². The summed E-state index contributed by atoms with van der Waals surface area (Å²) in [5, 5.41) is 0. The van der Waals surface area contributed by atoms with Crippen LogP contribution >= 0.6 is 0 Å². The molecule has 1 atom stereocenters. The summed E-state index contributed by atoms with van der Waals surface area (Å²) in [7, 11) is 7.44. The van der Waals surface area contributed by atoms with Crippen molar-refractivity contribution in [3.05, 3.63) is 86.7 Å². The molecule has 206 valence electrons. The van der Waals surface area contributed by atoms with Crippen molar-refractivity contribution in [1.29, 1.82) is 0 Å². The van der Waals surface area contributed by atoms with Crippen LogP contribution in [0.25, 0.3) is 0 Å². The minimum atomic E-state index is -0.860. The van der Waals surface area contributed by atoms with E-state index in [2.05, 4.69) is 0 Å². The number of carbonyl (C=O) groups excluding carboxylic acids is 1. The molecule has 0 unspecified atom stereocenters. The van der Waals surface area contributed by atoms with E-state index in [1.54, 1.807) is 43.1 Å². The van der Waals surface area contributed by atoms with Crippen molar-refractivity contribution in [2.45, 2.75) is 25.8 Å². The standard InChI is InChI=1S/C29H32N2O8/c1-16-13-23-25(28(32)31(16)12-11-17-7-9-19(34-2)21(14-17)36-4)24(26(27(30)39-23)29(33)38-6)18-8-10-20(35-3)22(15-18)37-5/h7-10,13-15,24H,11-12,30H2,1-6H3/t24-/m1/s1. The van der Waals surface area contributed by atoms with Crippen molar-refractivity contribution in [1.82, 2.24) is 4.57 Å². The maximum absolute atomic E-state index is 14.1. The zero-order valence-corrected chi connectivity index (χ0v) is 22.8. The van der Waals surface area contributed by atoms with Gasteiger partial charge in [-0.2, -0.15) is 0 Å². The molecule has 3 aromatic rings. The largest absolute Gasteiger partial charge is 0.493 e. The highest BCUT2D eigenvalue weighted by Crippen LogP contribution is 2.43. The van der Waals surface area contributed by atoms with Crippen LogP contribution in [0.5, 0.6) is 28.7 Å². The first kappa shape index (κ1) is 27.4. The van der Waals surface area contributed by atoms with Crippen molar-refractivity contribution in [2.75, 3.05) is 35.5 Å². The Balaban J connectivity index is 1.83. The van der Waals surface area contributed by atoms with E-state index in [-0.39, 0.29) is 28.3 Å². The van der Waals surface area contributed by atoms with Crippen LogP contribution < -0.4 is 35.0 Å². The number of carbonyl (C=O) groups is 1. The Bertz CT molecular complexity index is 1490. The second-order valence-corrected chi connectivity index (χ2v) is 8.88. The van der Waals surface area contributed by atoms with Gasteiger partial charge in [0, 0.05) is 18.3 Å². The normalized spacial score (nSPS) is 14.3. The van der Waals surface area contributed by atoms with E-state index in [9.17, 15) is 9.59 Å². The van der Waals surface area contributed by atoms with Gasteiger partial charge >= 0.3 is 5.97 Å². The predicted octanol–water partition coefficient (Wildman–Crippen LogP) is 3.30. The first-order chi connectivity index (χ1) is 18.8. The third kappa shape index (κ3) is 5.09. The SMILES string of the molecule is COC(=O)C1=C(N)Oc2cc(C)n(CCc3ccc(OC)c(OC)c3)c(=O)c2[C@H]1c1ccc(OC)c(OC)c1. The number of esters is 1. The number of ether oxygens (including phenoxy) is 6. The maximum atomic E-state index is 14.1. The van der Waals surface area contributed by atoms with Crippen molar-refractivity contribution < 1.29 is 33.2 Å². The van der Waals surface area contributed by atoms with E-state index in [4.69, 9.17) is 34.2 Å². The van der Waals surface area contributed by atoms with Crippen LogP contribution in [0.3, 0.4) is 0 Å². The summed E-state index contributed by atoms with van der Waals surface area (Å²) in [6.45, 7) is 2.19. The zero-order chi connectivity index (χ0) is 28.3. The molecular weight excluding hydrogens is 504 g/mol. The van der Waals surface area contributed by atoms with Gasteiger partial charge in [-0.3, -0.25) is 4.79 Å². The lowest BCUT2D eigenvalue weighted by Crippen LogP contribution is -2.35. The quantitative estimate of drug-likeness (QED) is 0.411. The fourth-order valence-corrected chi connectivity index (χ4v) is 4.82. The molecule has 10 heteroatoms. The molecule has 0 saturated carbocycles. The van der Waals surface area contributed by atoms with Crippen molar-refractivity contribution in [2.24, 2.45) is 5.73 Å². The molecule has 2 heterocycles. The van der Waals surface area contributed by atoms with Crippen molar-refractivity contribution >= 4 is 5.97 Å². The number of benzene rings is 2. The van der Waals surface area contributed by atoms with Gasteiger partial charge in [0.1, 0.15) is 11.3 Å². The highest BCUT2D eigenvalue weighted by atomic mass is 16.5. The van der Waals surface area contributed by atoms with E-state index in [1.165, 1.54) is 21.3 Å². The molecule has 2 N–H and O–H groups in total. The molecule has 0 amide bonds. The van der Waals surface area contributed by atoms with E-state index >= 15 is 0 Å². The summed E-state index contributed by atoms with van der Waals surface area (Å²) in [6, 6.07) is 12.6. The highest BCUT2D eigenvalue weighted by molar-refractivity contribution is 5.92. The van der Waals surface area contributed by atoms with Crippen LogP contribution in [-0.2, 0) is 22.5 Å². The van der Waals surface area contributed by atoms with Gasteiger partial charge in [0.15, 0.2) is 23.0 Å². The Kier molecular flexibility index (Phi) is 8.04. The number of methoxy groups -OCH3 is 5. The number of aromatic nitrogens is 1. The number of hydrogen-bond donors (Lipinski definition) is 1. The van der Waals surface area contributed by atoms with E-state index in [1.807, 2.05) is 25.1 Å². The van der Waals surface area contributed by atoms with Gasteiger partial charge in [-0.15, -0.1) is 0 Å². The summed E-state index contributed by atoms with van der Waals surface area (Å²) in [5.41, 5.74) is 8.45. The van der Waals surface area contributed by atoms with Gasteiger partial charge in [0.05, 0.1) is 47.0 Å². The number of nitrogens with two attached hydrogens (primary N) is 1. The minimum Gasteiger partial charge on any atom is -0.493 e. The smallest absolute Gasteiger partial charge is 0.340 e. The summed E-state index contributed by atoms with van der Waals surface area (Å²) in [6.07, 6.45) is 0.545. The number of aryl methyl sites for hydroxylation is 2. The first-order valence-corrected chi connectivity index (χ1v) is 12.2. The third-order valence-corrected chi connectivity index (χ3v) is 6.79. The molecule has 0 radical (unpaired) electrons. The second kappa shape index (κ2) is 11.4. The lowest BCUT2D eigenvalue weighted by Gasteiger charge is -2.29. The molecule has 0 aliphatic carbocycles. The van der Waals surface area contributed by atoms with Crippen LogP contribution in [-0.4, -0.2) is 46.1 Å². The molecule has 1 aliphatic heterocycles. The Hall–Kier alpha value is -4.60. The molecule has 0 spiro atoms. The van der Waals surface area contributed by atoms with Gasteiger partial charge < -0.3 is 38.7 Å². The summed E-state index contributed by atoms with van der Waals surface area (Å²) in [5.74, 6) is 0.762. The van der Waals surface area contributed by atoms with Crippen LogP contribution in [0.4, 0.5) is 0 Å². The number of hydrogen-bond acceptors (Lipinski definition) is 9. The summed E-state index contributed by atoms with van der Waals surface area (Å²) < 4.78 is 34.1. The third-order valence-electron chi connectivity index (χ3n) is 6.79. The van der Waals surface area contributed by atoms with Crippen molar-refractivity contribution in [3.8, 4) is 28.7 Å². The minimum absolute atomic E-state index is 0.0320. The maximum Gasteiger partial charge on any atom is 0.340 e. The molecule has 4 rings (SSSR count). The molecule has 1 aliphatic rings. The molecular formula is C29H32N2O8. The number of nitrogens with zero attached hydrogens (tertiary/aromatic N) is 1. The van der Waals surface area contributed by atoms with Gasteiger partial charge in [-0.05, 0) is 48.7 Å². The molecule has 39 heavy (non-hydrogen) atoms. The Labute approximate surface area is 226 Å². The van der Waals surface area contributed by atoms with Gasteiger partial charge in [-0.1, -0.05) is 12.1 Å².